The Morgan fingerprint density at radius 3 is 2.58 bits per heavy atom. The molecule has 1 amide bonds. The van der Waals surface area contributed by atoms with Gasteiger partial charge in [-0.25, -0.2) is 9.18 Å². The van der Waals surface area contributed by atoms with Crippen molar-refractivity contribution in [3.05, 3.63) is 64.2 Å². The van der Waals surface area contributed by atoms with E-state index < -0.39 is 5.97 Å². The van der Waals surface area contributed by atoms with Gasteiger partial charge in [0.2, 0.25) is 5.91 Å². The van der Waals surface area contributed by atoms with E-state index in [2.05, 4.69) is 15.5 Å². The molecule has 12 heteroatoms. The summed E-state index contributed by atoms with van der Waals surface area (Å²) in [5.74, 6) is -0.195. The van der Waals surface area contributed by atoms with Gasteiger partial charge in [0.25, 0.3) is 0 Å². The molecule has 0 spiro atoms. The van der Waals surface area contributed by atoms with E-state index >= 15 is 0 Å². The number of thiophene rings is 1. The largest absolute Gasteiger partial charge is 0.496 e. The first-order chi connectivity index (χ1) is 17.3. The average molecular weight is 547 g/mol. The molecule has 0 atom stereocenters. The summed E-state index contributed by atoms with van der Waals surface area (Å²) in [7, 11) is 4.59. The Kier molecular flexibility index (Phi) is 7.92. The highest BCUT2D eigenvalue weighted by atomic mass is 35.5. The molecule has 0 fully saturated rings. The molecule has 4 rings (SSSR count). The Hall–Kier alpha value is -3.41. The zero-order valence-corrected chi connectivity index (χ0v) is 21.8. The third-order valence-corrected chi connectivity index (χ3v) is 7.31. The molecular formula is C24H20ClFN4O4S2. The van der Waals surface area contributed by atoms with Crippen LogP contribution in [0.2, 0.25) is 5.02 Å². The van der Waals surface area contributed by atoms with Crippen LogP contribution in [-0.2, 0) is 16.6 Å². The lowest BCUT2D eigenvalue weighted by Crippen LogP contribution is -2.16. The van der Waals surface area contributed by atoms with Crippen molar-refractivity contribution < 1.29 is 23.5 Å². The second-order valence-electron chi connectivity index (χ2n) is 7.40. The van der Waals surface area contributed by atoms with Crippen molar-refractivity contribution >= 4 is 51.6 Å². The number of hydrogen-bond donors (Lipinski definition) is 1. The first-order valence-electron chi connectivity index (χ1n) is 10.4. The maximum Gasteiger partial charge on any atom is 0.341 e. The first kappa shape index (κ1) is 25.7. The molecular weight excluding hydrogens is 527 g/mol. The lowest BCUT2D eigenvalue weighted by Gasteiger charge is -2.09. The minimum absolute atomic E-state index is 0.0169. The standard InChI is InChI=1S/C24H20ClFN4O4S2/c1-30-21(16-10-14(25)6-9-18(16)33-2)28-29-24(30)36-12-19(31)27-22-20(23(32)34-3)17(11-35-22)13-4-7-15(26)8-5-13/h4-11H,12H2,1-3H3,(H,27,31). The van der Waals surface area contributed by atoms with Crippen molar-refractivity contribution in [2.45, 2.75) is 5.16 Å². The van der Waals surface area contributed by atoms with E-state index in [0.717, 1.165) is 0 Å². The lowest BCUT2D eigenvalue weighted by molar-refractivity contribution is -0.113. The Bertz CT molecular complexity index is 1420. The summed E-state index contributed by atoms with van der Waals surface area (Å²) in [5, 5.41) is 14.3. The summed E-state index contributed by atoms with van der Waals surface area (Å²) in [6, 6.07) is 10.9. The number of hydrogen-bond acceptors (Lipinski definition) is 8. The Labute approximate surface area is 219 Å². The van der Waals surface area contributed by atoms with Gasteiger partial charge >= 0.3 is 5.97 Å². The highest BCUT2D eigenvalue weighted by molar-refractivity contribution is 7.99. The molecule has 2 aromatic carbocycles. The number of amides is 1. The number of benzene rings is 2. The molecule has 0 radical (unpaired) electrons. The van der Waals surface area contributed by atoms with E-state index in [1.807, 2.05) is 0 Å². The zero-order valence-electron chi connectivity index (χ0n) is 19.4. The molecule has 8 nitrogen and oxygen atoms in total. The number of nitrogens with one attached hydrogen (secondary N) is 1. The monoisotopic (exact) mass is 546 g/mol. The van der Waals surface area contributed by atoms with Crippen LogP contribution in [0.4, 0.5) is 9.39 Å². The van der Waals surface area contributed by atoms with Crippen LogP contribution < -0.4 is 10.1 Å². The third-order valence-electron chi connectivity index (χ3n) is 5.16. The molecule has 2 aromatic heterocycles. The van der Waals surface area contributed by atoms with Crippen molar-refractivity contribution in [2.24, 2.45) is 7.05 Å². The molecule has 1 N–H and O–H groups in total. The molecule has 0 aliphatic carbocycles. The van der Waals surface area contributed by atoms with Crippen LogP contribution in [0, 0.1) is 5.82 Å². The lowest BCUT2D eigenvalue weighted by atomic mass is 10.0. The summed E-state index contributed by atoms with van der Waals surface area (Å²) < 4.78 is 25.4. The number of anilines is 1. The number of ether oxygens (including phenoxy) is 2. The number of aromatic nitrogens is 3. The van der Waals surface area contributed by atoms with Gasteiger partial charge in [-0.05, 0) is 35.9 Å². The van der Waals surface area contributed by atoms with Crippen molar-refractivity contribution in [1.82, 2.24) is 14.8 Å². The summed E-state index contributed by atoms with van der Waals surface area (Å²) in [4.78, 5) is 25.2. The number of rotatable bonds is 8. The molecule has 36 heavy (non-hydrogen) atoms. The second kappa shape index (κ2) is 11.1. The second-order valence-corrected chi connectivity index (χ2v) is 9.66. The highest BCUT2D eigenvalue weighted by Crippen LogP contribution is 2.37. The van der Waals surface area contributed by atoms with Crippen LogP contribution in [0.15, 0.2) is 53.0 Å². The Morgan fingerprint density at radius 2 is 1.89 bits per heavy atom. The van der Waals surface area contributed by atoms with E-state index in [9.17, 15) is 14.0 Å². The van der Waals surface area contributed by atoms with Crippen molar-refractivity contribution in [3.63, 3.8) is 0 Å². The van der Waals surface area contributed by atoms with Crippen molar-refractivity contribution in [2.75, 3.05) is 25.3 Å². The molecule has 2 heterocycles. The fourth-order valence-electron chi connectivity index (χ4n) is 3.42. The molecule has 186 valence electrons. The van der Waals surface area contributed by atoms with Gasteiger partial charge in [0.15, 0.2) is 11.0 Å². The van der Waals surface area contributed by atoms with E-state index in [0.29, 0.717) is 43.4 Å². The van der Waals surface area contributed by atoms with Crippen LogP contribution in [0.5, 0.6) is 5.75 Å². The molecule has 0 unspecified atom stereocenters. The van der Waals surface area contributed by atoms with E-state index in [-0.39, 0.29) is 23.0 Å². The average Bonchev–Trinajstić information content (AvgIpc) is 3.45. The summed E-state index contributed by atoms with van der Waals surface area (Å²) in [5.41, 5.74) is 2.06. The predicted octanol–water partition coefficient (Wildman–Crippen LogP) is 5.53. The van der Waals surface area contributed by atoms with Gasteiger partial charge in [-0.15, -0.1) is 21.5 Å². The molecule has 0 aliphatic heterocycles. The van der Waals surface area contributed by atoms with Gasteiger partial charge < -0.3 is 19.4 Å². The van der Waals surface area contributed by atoms with Gasteiger partial charge in [0, 0.05) is 23.0 Å². The third kappa shape index (κ3) is 5.38. The maximum atomic E-state index is 13.3. The minimum atomic E-state index is -0.605. The summed E-state index contributed by atoms with van der Waals surface area (Å²) in [6.45, 7) is 0. The number of carbonyl (C=O) groups excluding carboxylic acids is 2. The Balaban J connectivity index is 1.50. The minimum Gasteiger partial charge on any atom is -0.496 e. The fraction of sp³-hybridized carbons (Fsp3) is 0.167. The quantitative estimate of drug-likeness (QED) is 0.229. The normalized spacial score (nSPS) is 10.8. The van der Waals surface area contributed by atoms with Crippen LogP contribution in [0.3, 0.4) is 0 Å². The number of nitrogens with zero attached hydrogens (tertiary/aromatic N) is 3. The van der Waals surface area contributed by atoms with Gasteiger partial charge in [0.05, 0.1) is 25.5 Å². The van der Waals surface area contributed by atoms with Crippen LogP contribution in [0.25, 0.3) is 22.5 Å². The number of methoxy groups -OCH3 is 2. The van der Waals surface area contributed by atoms with E-state index in [1.54, 1.807) is 54.4 Å². The van der Waals surface area contributed by atoms with Crippen LogP contribution in [-0.4, -0.2) is 46.6 Å². The first-order valence-corrected chi connectivity index (χ1v) is 12.7. The topological polar surface area (TPSA) is 95.3 Å². The number of thioether (sulfide) groups is 1. The summed E-state index contributed by atoms with van der Waals surface area (Å²) >= 11 is 8.50. The molecule has 0 aliphatic rings. The van der Waals surface area contributed by atoms with Crippen molar-refractivity contribution in [1.29, 1.82) is 0 Å². The smallest absolute Gasteiger partial charge is 0.341 e. The number of carbonyl (C=O) groups is 2. The van der Waals surface area contributed by atoms with Gasteiger partial charge in [-0.3, -0.25) is 4.79 Å². The van der Waals surface area contributed by atoms with E-state index in [4.69, 9.17) is 21.1 Å². The van der Waals surface area contributed by atoms with Gasteiger partial charge in [-0.1, -0.05) is 35.5 Å². The van der Waals surface area contributed by atoms with Crippen LogP contribution in [0.1, 0.15) is 10.4 Å². The Morgan fingerprint density at radius 1 is 1.14 bits per heavy atom. The van der Waals surface area contributed by atoms with Gasteiger partial charge in [-0.2, -0.15) is 0 Å². The number of esters is 1. The molecule has 0 bridgehead atoms. The van der Waals surface area contributed by atoms with E-state index in [1.165, 1.54) is 42.3 Å². The highest BCUT2D eigenvalue weighted by Gasteiger charge is 2.23. The molecule has 0 saturated heterocycles. The molecule has 4 aromatic rings. The number of halogens is 2. The van der Waals surface area contributed by atoms with Gasteiger partial charge in [0.1, 0.15) is 22.1 Å². The van der Waals surface area contributed by atoms with Crippen molar-refractivity contribution in [3.8, 4) is 28.3 Å². The zero-order chi connectivity index (χ0) is 25.8. The van der Waals surface area contributed by atoms with Crippen LogP contribution >= 0.6 is 34.7 Å². The fourth-order valence-corrected chi connectivity index (χ4v) is 5.28. The predicted molar refractivity (Wildman–Crippen MR) is 138 cm³/mol. The molecule has 0 saturated carbocycles. The SMILES string of the molecule is COC(=O)c1c(-c2ccc(F)cc2)csc1NC(=O)CSc1nnc(-c2cc(Cl)ccc2OC)n1C. The summed E-state index contributed by atoms with van der Waals surface area (Å²) in [6.07, 6.45) is 0. The maximum absolute atomic E-state index is 13.3.